The zero-order chi connectivity index (χ0) is 5.70. The van der Waals surface area contributed by atoms with Crippen molar-refractivity contribution in [3.05, 3.63) is 12.7 Å². The van der Waals surface area contributed by atoms with Crippen molar-refractivity contribution in [2.75, 3.05) is 5.75 Å². The van der Waals surface area contributed by atoms with Crippen LogP contribution in [0, 0.1) is 0 Å². The van der Waals surface area contributed by atoms with Gasteiger partial charge in [0.15, 0.2) is 0 Å². The molecule has 1 amide bonds. The average Bonchev–Trinajstić information content (AvgIpc) is 1.61. The van der Waals surface area contributed by atoms with Crippen molar-refractivity contribution >= 4 is 68.4 Å². The Kier molecular flexibility index (Phi) is 12.2. The standard InChI is InChI=1S/C4H7NOS.K.H/c1-2-3-7-4(5)6;;/h2H,1,3H2,(H2,5,6);;. The second-order valence-corrected chi connectivity index (χ2v) is 1.94. The van der Waals surface area contributed by atoms with Crippen LogP contribution in [-0.4, -0.2) is 62.4 Å². The van der Waals surface area contributed by atoms with E-state index in [0.29, 0.717) is 5.75 Å². The second-order valence-electron chi connectivity index (χ2n) is 0.919. The van der Waals surface area contributed by atoms with E-state index in [2.05, 4.69) is 6.58 Å². The minimum atomic E-state index is -0.347. The summed E-state index contributed by atoms with van der Waals surface area (Å²) in [6.07, 6.45) is 1.63. The maximum atomic E-state index is 9.90. The molecule has 0 aliphatic rings. The fourth-order valence-electron chi connectivity index (χ4n) is 0.141. The number of nitrogens with two attached hydrogens (primary N) is 1. The van der Waals surface area contributed by atoms with Crippen LogP contribution < -0.4 is 5.73 Å². The van der Waals surface area contributed by atoms with Gasteiger partial charge in [-0.25, -0.2) is 0 Å². The third-order valence-electron chi connectivity index (χ3n) is 0.343. The van der Waals surface area contributed by atoms with Gasteiger partial charge < -0.3 is 5.73 Å². The molecule has 0 radical (unpaired) electrons. The molecule has 0 rings (SSSR count). The van der Waals surface area contributed by atoms with Crippen molar-refractivity contribution in [2.24, 2.45) is 5.73 Å². The van der Waals surface area contributed by atoms with Crippen molar-refractivity contribution in [2.45, 2.75) is 0 Å². The van der Waals surface area contributed by atoms with Gasteiger partial charge in [0.25, 0.3) is 5.24 Å². The minimum absolute atomic E-state index is 0. The Morgan fingerprint density at radius 3 is 2.50 bits per heavy atom. The SMILES string of the molecule is C=CCSC(N)=O.[KH]. The van der Waals surface area contributed by atoms with Gasteiger partial charge in [-0.15, -0.1) is 6.58 Å². The topological polar surface area (TPSA) is 43.1 Å². The molecule has 0 fully saturated rings. The number of carbonyl (C=O) groups excluding carboxylic acids is 1. The number of carbonyl (C=O) groups is 1. The molecule has 4 heteroatoms. The van der Waals surface area contributed by atoms with Gasteiger partial charge in [-0.1, -0.05) is 17.8 Å². The Hall–Kier alpha value is 1.20. The molecule has 0 atom stereocenters. The van der Waals surface area contributed by atoms with Crippen molar-refractivity contribution in [3.63, 3.8) is 0 Å². The molecule has 42 valence electrons. The quantitative estimate of drug-likeness (QED) is 0.464. The van der Waals surface area contributed by atoms with E-state index in [0.717, 1.165) is 11.8 Å². The molecule has 0 unspecified atom stereocenters. The van der Waals surface area contributed by atoms with Crippen LogP contribution in [0.1, 0.15) is 0 Å². The number of rotatable bonds is 2. The van der Waals surface area contributed by atoms with Crippen molar-refractivity contribution in [1.82, 2.24) is 0 Å². The van der Waals surface area contributed by atoms with Crippen molar-refractivity contribution in [1.29, 1.82) is 0 Å². The van der Waals surface area contributed by atoms with E-state index in [1.54, 1.807) is 6.08 Å². The van der Waals surface area contributed by atoms with Crippen LogP contribution in [0.4, 0.5) is 4.79 Å². The molecule has 0 saturated carbocycles. The number of primary amides is 1. The van der Waals surface area contributed by atoms with Crippen LogP contribution in [0.25, 0.3) is 0 Å². The molecule has 0 bridgehead atoms. The molecule has 0 heterocycles. The Labute approximate surface area is 95.7 Å². The fraction of sp³-hybridized carbons (Fsp3) is 0.250. The van der Waals surface area contributed by atoms with E-state index < -0.39 is 0 Å². The van der Waals surface area contributed by atoms with Gasteiger partial charge in [-0.05, 0) is 0 Å². The molecule has 0 aromatic heterocycles. The van der Waals surface area contributed by atoms with E-state index in [1.165, 1.54) is 0 Å². The van der Waals surface area contributed by atoms with Crippen LogP contribution in [0.3, 0.4) is 0 Å². The first-order valence-corrected chi connectivity index (χ1v) is 2.79. The normalized spacial score (nSPS) is 7.00. The second kappa shape index (κ2) is 8.20. The summed E-state index contributed by atoms with van der Waals surface area (Å²) in [5.41, 5.74) is 4.75. The number of amides is 1. The summed E-state index contributed by atoms with van der Waals surface area (Å²) in [4.78, 5) is 9.90. The zero-order valence-corrected chi connectivity index (χ0v) is 4.70. The van der Waals surface area contributed by atoms with E-state index in [9.17, 15) is 4.79 Å². The van der Waals surface area contributed by atoms with Gasteiger partial charge in [0.2, 0.25) is 0 Å². The first kappa shape index (κ1) is 11.9. The molecule has 0 aliphatic heterocycles. The van der Waals surface area contributed by atoms with Gasteiger partial charge in [0.1, 0.15) is 0 Å². The molecular formula is C4H8KNOS. The maximum absolute atomic E-state index is 9.90. The number of thioether (sulfide) groups is 1. The molecule has 0 saturated heterocycles. The Morgan fingerprint density at radius 1 is 1.88 bits per heavy atom. The average molecular weight is 157 g/mol. The predicted octanol–water partition coefficient (Wildman–Crippen LogP) is 0.336. The summed E-state index contributed by atoms with van der Waals surface area (Å²) in [5.74, 6) is 0.606. The van der Waals surface area contributed by atoms with Crippen LogP contribution in [-0.2, 0) is 0 Å². The Morgan fingerprint density at radius 2 is 2.38 bits per heavy atom. The van der Waals surface area contributed by atoms with Crippen LogP contribution in [0.5, 0.6) is 0 Å². The molecular weight excluding hydrogens is 149 g/mol. The predicted molar refractivity (Wildman–Crippen MR) is 39.4 cm³/mol. The molecule has 0 aromatic rings. The van der Waals surface area contributed by atoms with Crippen LogP contribution in [0.15, 0.2) is 12.7 Å². The van der Waals surface area contributed by atoms with E-state index in [4.69, 9.17) is 5.73 Å². The first-order chi connectivity index (χ1) is 3.27. The fourth-order valence-corrected chi connectivity index (χ4v) is 0.423. The molecule has 8 heavy (non-hydrogen) atoms. The summed E-state index contributed by atoms with van der Waals surface area (Å²) in [6.45, 7) is 3.40. The molecule has 2 N–H and O–H groups in total. The summed E-state index contributed by atoms with van der Waals surface area (Å²) in [6, 6.07) is 0. The summed E-state index contributed by atoms with van der Waals surface area (Å²) in [5, 5.41) is -0.347. The van der Waals surface area contributed by atoms with Crippen molar-refractivity contribution in [3.8, 4) is 0 Å². The Balaban J connectivity index is 0. The third kappa shape index (κ3) is 10.2. The van der Waals surface area contributed by atoms with Crippen molar-refractivity contribution < 1.29 is 4.79 Å². The van der Waals surface area contributed by atoms with Crippen LogP contribution >= 0.6 is 11.8 Å². The van der Waals surface area contributed by atoms with Gasteiger partial charge >= 0.3 is 51.4 Å². The van der Waals surface area contributed by atoms with E-state index in [-0.39, 0.29) is 56.6 Å². The number of hydrogen-bond acceptors (Lipinski definition) is 2. The van der Waals surface area contributed by atoms with Crippen LogP contribution in [0.2, 0.25) is 0 Å². The van der Waals surface area contributed by atoms with Gasteiger partial charge in [-0.2, -0.15) is 0 Å². The Bertz CT molecular complexity index is 86.1. The van der Waals surface area contributed by atoms with Gasteiger partial charge in [-0.3, -0.25) is 4.79 Å². The zero-order valence-electron chi connectivity index (χ0n) is 3.89. The summed E-state index contributed by atoms with van der Waals surface area (Å²) < 4.78 is 0. The monoisotopic (exact) mass is 157 g/mol. The summed E-state index contributed by atoms with van der Waals surface area (Å²) >= 11 is 1.05. The van der Waals surface area contributed by atoms with Gasteiger partial charge in [0.05, 0.1) is 0 Å². The first-order valence-electron chi connectivity index (χ1n) is 1.80. The molecule has 0 aromatic carbocycles. The molecule has 0 aliphatic carbocycles. The third-order valence-corrected chi connectivity index (χ3v) is 1.03. The van der Waals surface area contributed by atoms with E-state index in [1.807, 2.05) is 0 Å². The van der Waals surface area contributed by atoms with E-state index >= 15 is 0 Å². The molecule has 0 spiro atoms. The molecule has 2 nitrogen and oxygen atoms in total. The van der Waals surface area contributed by atoms with Gasteiger partial charge in [0, 0.05) is 5.75 Å². The summed E-state index contributed by atoms with van der Waals surface area (Å²) in [7, 11) is 0. The number of hydrogen-bond donors (Lipinski definition) is 1.